The van der Waals surface area contributed by atoms with Gasteiger partial charge in [-0.1, -0.05) is 35.9 Å². The highest BCUT2D eigenvalue weighted by molar-refractivity contribution is 7.89. The van der Waals surface area contributed by atoms with E-state index in [1.54, 1.807) is 4.90 Å². The summed E-state index contributed by atoms with van der Waals surface area (Å²) in [5, 5.41) is 0. The van der Waals surface area contributed by atoms with Gasteiger partial charge in [0.1, 0.15) is 6.04 Å². The van der Waals surface area contributed by atoms with Crippen molar-refractivity contribution in [2.45, 2.75) is 51.0 Å². The molecule has 0 aromatic heterocycles. The third kappa shape index (κ3) is 3.05. The maximum atomic E-state index is 13.5. The first kappa shape index (κ1) is 19.2. The molecule has 0 bridgehead atoms. The fourth-order valence-corrected chi connectivity index (χ4v) is 6.78. The summed E-state index contributed by atoms with van der Waals surface area (Å²) in [6, 6.07) is 11.0. The number of benzene rings is 2. The Morgan fingerprint density at radius 2 is 1.71 bits per heavy atom. The van der Waals surface area contributed by atoms with E-state index in [0.29, 0.717) is 30.8 Å². The van der Waals surface area contributed by atoms with Gasteiger partial charge in [0.15, 0.2) is 0 Å². The van der Waals surface area contributed by atoms with Crippen molar-refractivity contribution in [3.05, 3.63) is 58.7 Å². The number of aryl methyl sites for hydroxylation is 3. The Morgan fingerprint density at radius 3 is 2.43 bits per heavy atom. The number of carbonyl (C=O) groups is 1. The molecule has 0 aliphatic carbocycles. The number of sulfonamides is 1. The summed E-state index contributed by atoms with van der Waals surface area (Å²) in [6.07, 6.45) is 2.09. The number of anilines is 1. The van der Waals surface area contributed by atoms with Crippen LogP contribution in [-0.2, 0) is 21.2 Å². The van der Waals surface area contributed by atoms with Gasteiger partial charge in [-0.15, -0.1) is 0 Å². The van der Waals surface area contributed by atoms with E-state index in [9.17, 15) is 13.2 Å². The van der Waals surface area contributed by atoms with Gasteiger partial charge in [0, 0.05) is 18.8 Å². The summed E-state index contributed by atoms with van der Waals surface area (Å²) in [4.78, 5) is 15.5. The molecule has 1 amide bonds. The molecule has 1 saturated heterocycles. The second-order valence-corrected chi connectivity index (χ2v) is 9.70. The van der Waals surface area contributed by atoms with Crippen molar-refractivity contribution in [2.24, 2.45) is 0 Å². The Hall–Kier alpha value is -2.18. The second kappa shape index (κ2) is 7.01. The third-order valence-electron chi connectivity index (χ3n) is 5.81. The summed E-state index contributed by atoms with van der Waals surface area (Å²) in [5.74, 6) is -0.103. The van der Waals surface area contributed by atoms with Crippen LogP contribution in [0.1, 0.15) is 35.1 Å². The van der Waals surface area contributed by atoms with Crippen molar-refractivity contribution >= 4 is 21.6 Å². The molecule has 1 fully saturated rings. The zero-order valence-electron chi connectivity index (χ0n) is 16.6. The van der Waals surface area contributed by atoms with Crippen LogP contribution >= 0.6 is 0 Å². The van der Waals surface area contributed by atoms with Crippen LogP contribution in [0.3, 0.4) is 0 Å². The highest BCUT2D eigenvalue weighted by atomic mass is 32.2. The first-order valence-corrected chi connectivity index (χ1v) is 11.2. The lowest BCUT2D eigenvalue weighted by molar-refractivity contribution is -0.121. The van der Waals surface area contributed by atoms with E-state index in [4.69, 9.17) is 0 Å². The van der Waals surface area contributed by atoms with Crippen molar-refractivity contribution in [3.8, 4) is 0 Å². The number of carbonyl (C=O) groups excluding carboxylic acids is 1. The van der Waals surface area contributed by atoms with Crippen LogP contribution < -0.4 is 4.90 Å². The predicted molar refractivity (Wildman–Crippen MR) is 110 cm³/mol. The van der Waals surface area contributed by atoms with Gasteiger partial charge >= 0.3 is 0 Å². The van der Waals surface area contributed by atoms with Gasteiger partial charge in [0.2, 0.25) is 15.9 Å². The number of hydrogen-bond donors (Lipinski definition) is 0. The fraction of sp³-hybridized carbons (Fsp3) is 0.409. The Balaban J connectivity index is 1.68. The van der Waals surface area contributed by atoms with Gasteiger partial charge in [-0.3, -0.25) is 4.79 Å². The number of amides is 1. The topological polar surface area (TPSA) is 57.7 Å². The molecule has 2 aliphatic heterocycles. The summed E-state index contributed by atoms with van der Waals surface area (Å²) >= 11 is 0. The van der Waals surface area contributed by atoms with Gasteiger partial charge in [0.25, 0.3) is 0 Å². The molecular formula is C22H26N2O3S. The van der Waals surface area contributed by atoms with E-state index in [-0.39, 0.29) is 5.91 Å². The fourth-order valence-electron chi connectivity index (χ4n) is 4.71. The Kier molecular flexibility index (Phi) is 4.79. The molecule has 0 radical (unpaired) electrons. The standard InChI is InChI=1S/C22H26N2O3S/c1-15-13-16(2)21(17(3)14-15)28(26,27)24-11-6-9-20(24)22(25)23-12-10-18-7-4-5-8-19(18)23/h4-5,7-8,13-14,20H,6,9-12H2,1-3H3. The Morgan fingerprint density at radius 1 is 1.04 bits per heavy atom. The molecule has 2 aromatic carbocycles. The zero-order chi connectivity index (χ0) is 20.1. The zero-order valence-corrected chi connectivity index (χ0v) is 17.4. The number of hydrogen-bond acceptors (Lipinski definition) is 3. The third-order valence-corrected chi connectivity index (χ3v) is 8.03. The molecule has 0 N–H and O–H groups in total. The van der Waals surface area contributed by atoms with E-state index in [0.717, 1.165) is 34.4 Å². The molecule has 148 valence electrons. The van der Waals surface area contributed by atoms with Crippen molar-refractivity contribution in [2.75, 3.05) is 18.0 Å². The number of nitrogens with zero attached hydrogens (tertiary/aromatic N) is 2. The minimum Gasteiger partial charge on any atom is -0.310 e. The average Bonchev–Trinajstić information content (AvgIpc) is 3.27. The molecule has 2 aromatic rings. The summed E-state index contributed by atoms with van der Waals surface area (Å²) in [5.41, 5.74) is 4.58. The Bertz CT molecular complexity index is 1020. The van der Waals surface area contributed by atoms with Gasteiger partial charge < -0.3 is 4.90 Å². The largest absolute Gasteiger partial charge is 0.310 e. The van der Waals surface area contributed by atoms with Crippen LogP contribution in [0.15, 0.2) is 41.3 Å². The average molecular weight is 399 g/mol. The van der Waals surface area contributed by atoms with Crippen molar-refractivity contribution in [3.63, 3.8) is 0 Å². The lowest BCUT2D eigenvalue weighted by Crippen LogP contribution is -2.47. The SMILES string of the molecule is Cc1cc(C)c(S(=O)(=O)N2CCCC2C(=O)N2CCc3ccccc32)c(C)c1. The van der Waals surface area contributed by atoms with Crippen LogP contribution in [0, 0.1) is 20.8 Å². The molecule has 2 heterocycles. The van der Waals surface area contributed by atoms with E-state index < -0.39 is 16.1 Å². The van der Waals surface area contributed by atoms with E-state index in [2.05, 4.69) is 0 Å². The van der Waals surface area contributed by atoms with Crippen LogP contribution in [0.4, 0.5) is 5.69 Å². The van der Waals surface area contributed by atoms with Gasteiger partial charge in [-0.2, -0.15) is 4.31 Å². The summed E-state index contributed by atoms with van der Waals surface area (Å²) in [7, 11) is -3.73. The molecule has 0 saturated carbocycles. The molecule has 1 unspecified atom stereocenters. The minimum atomic E-state index is -3.73. The highest BCUT2D eigenvalue weighted by Crippen LogP contribution is 2.34. The molecule has 0 spiro atoms. The van der Waals surface area contributed by atoms with Crippen molar-refractivity contribution in [1.29, 1.82) is 0 Å². The quantitative estimate of drug-likeness (QED) is 0.797. The number of rotatable bonds is 3. The van der Waals surface area contributed by atoms with E-state index in [1.165, 1.54) is 4.31 Å². The Labute approximate surface area is 167 Å². The molecule has 5 nitrogen and oxygen atoms in total. The van der Waals surface area contributed by atoms with E-state index in [1.807, 2.05) is 57.2 Å². The molecule has 28 heavy (non-hydrogen) atoms. The van der Waals surface area contributed by atoms with Gasteiger partial charge in [-0.25, -0.2) is 8.42 Å². The first-order valence-electron chi connectivity index (χ1n) is 9.79. The van der Waals surface area contributed by atoms with Gasteiger partial charge in [-0.05, 0) is 62.8 Å². The van der Waals surface area contributed by atoms with Gasteiger partial charge in [0.05, 0.1) is 4.90 Å². The molecule has 2 aliphatic rings. The number of para-hydroxylation sites is 1. The minimum absolute atomic E-state index is 0.103. The second-order valence-electron chi connectivity index (χ2n) is 7.87. The van der Waals surface area contributed by atoms with Crippen LogP contribution in [0.25, 0.3) is 0 Å². The van der Waals surface area contributed by atoms with Crippen molar-refractivity contribution in [1.82, 2.24) is 4.31 Å². The molecule has 4 rings (SSSR count). The highest BCUT2D eigenvalue weighted by Gasteiger charge is 2.43. The van der Waals surface area contributed by atoms with Crippen LogP contribution in [0.5, 0.6) is 0 Å². The summed E-state index contributed by atoms with van der Waals surface area (Å²) < 4.78 is 28.5. The predicted octanol–water partition coefficient (Wildman–Crippen LogP) is 3.35. The lowest BCUT2D eigenvalue weighted by Gasteiger charge is -2.28. The first-order chi connectivity index (χ1) is 13.3. The molecule has 1 atom stereocenters. The van der Waals surface area contributed by atoms with Crippen LogP contribution in [0.2, 0.25) is 0 Å². The smallest absolute Gasteiger partial charge is 0.245 e. The van der Waals surface area contributed by atoms with E-state index >= 15 is 0 Å². The molecule has 6 heteroatoms. The van der Waals surface area contributed by atoms with Crippen LogP contribution in [-0.4, -0.2) is 37.8 Å². The normalized spacial score (nSPS) is 19.8. The number of fused-ring (bicyclic) bond motifs is 1. The maximum absolute atomic E-state index is 13.5. The lowest BCUT2D eigenvalue weighted by atomic mass is 10.1. The maximum Gasteiger partial charge on any atom is 0.245 e. The monoisotopic (exact) mass is 398 g/mol. The molecular weight excluding hydrogens is 372 g/mol. The summed E-state index contributed by atoms with van der Waals surface area (Å²) in [6.45, 7) is 6.63. The van der Waals surface area contributed by atoms with Crippen molar-refractivity contribution < 1.29 is 13.2 Å².